The van der Waals surface area contributed by atoms with E-state index in [9.17, 15) is 9.59 Å². The van der Waals surface area contributed by atoms with Gasteiger partial charge in [-0.1, -0.05) is 12.1 Å². The summed E-state index contributed by atoms with van der Waals surface area (Å²) in [5, 5.41) is 16.5. The molecule has 160 valence electrons. The first kappa shape index (κ1) is 19.6. The van der Waals surface area contributed by atoms with Crippen molar-refractivity contribution < 1.29 is 14.7 Å². The molecule has 0 radical (unpaired) electrons. The molecular weight excluding hydrogens is 394 g/mol. The third kappa shape index (κ3) is 3.74. The molecule has 4 N–H and O–H groups in total. The monoisotopic (exact) mass is 419 g/mol. The number of fused-ring (bicyclic) bond motifs is 2. The second-order valence-corrected chi connectivity index (χ2v) is 8.39. The van der Waals surface area contributed by atoms with Crippen LogP contribution in [0.2, 0.25) is 0 Å². The Morgan fingerprint density at radius 1 is 1.23 bits per heavy atom. The largest absolute Gasteiger partial charge is 0.465 e. The van der Waals surface area contributed by atoms with Crippen LogP contribution in [0.15, 0.2) is 42.6 Å². The van der Waals surface area contributed by atoms with Crippen molar-refractivity contribution in [3.63, 3.8) is 0 Å². The summed E-state index contributed by atoms with van der Waals surface area (Å²) in [7, 11) is 1.61. The molecule has 2 unspecified atom stereocenters. The number of hydrogen-bond donors (Lipinski definition) is 4. The van der Waals surface area contributed by atoms with Crippen LogP contribution in [0.3, 0.4) is 0 Å². The number of hydrogen-bond acceptors (Lipinski definition) is 4. The molecule has 5 rings (SSSR count). The Kier molecular flexibility index (Phi) is 4.86. The van der Waals surface area contributed by atoms with E-state index in [-0.39, 0.29) is 5.91 Å². The fourth-order valence-electron chi connectivity index (χ4n) is 4.81. The number of piperidine rings is 1. The molecule has 8 heteroatoms. The quantitative estimate of drug-likeness (QED) is 0.490. The molecule has 0 bridgehead atoms. The van der Waals surface area contributed by atoms with Gasteiger partial charge in [-0.3, -0.25) is 4.79 Å². The summed E-state index contributed by atoms with van der Waals surface area (Å²) in [4.78, 5) is 32.7. The van der Waals surface area contributed by atoms with Gasteiger partial charge in [-0.15, -0.1) is 0 Å². The zero-order valence-corrected chi connectivity index (χ0v) is 17.3. The van der Waals surface area contributed by atoms with Gasteiger partial charge in [-0.2, -0.15) is 0 Å². The molecule has 0 spiro atoms. The summed E-state index contributed by atoms with van der Waals surface area (Å²) in [6.45, 7) is 1.82. The molecule has 2 aromatic heterocycles. The van der Waals surface area contributed by atoms with Crippen molar-refractivity contribution in [1.82, 2.24) is 25.5 Å². The number of likely N-dealkylation sites (tertiary alicyclic amines) is 1. The molecule has 2 atom stereocenters. The standard InChI is InChI=1S/C23H25N5O3/c1-24-22(29)20-8-13(10-26-21-17-11-28(23(30)31)12-18(17)21)7-15(27-20)9-14-3-2-4-19-16(14)5-6-25-19/h2-8,17-18,21,25-26H,9-12H2,1H3,(H,24,29)(H,30,31). The second-order valence-electron chi connectivity index (χ2n) is 8.39. The number of H-pyrrole nitrogens is 1. The van der Waals surface area contributed by atoms with Crippen LogP contribution in [0.5, 0.6) is 0 Å². The number of nitrogens with one attached hydrogen (secondary N) is 3. The maximum absolute atomic E-state index is 12.3. The molecule has 1 aliphatic carbocycles. The number of carbonyl (C=O) groups excluding carboxylic acids is 1. The number of amides is 2. The van der Waals surface area contributed by atoms with Crippen molar-refractivity contribution in [2.45, 2.75) is 19.0 Å². The lowest BCUT2D eigenvalue weighted by Crippen LogP contribution is -2.34. The van der Waals surface area contributed by atoms with Gasteiger partial charge in [0.2, 0.25) is 0 Å². The Bertz CT molecular complexity index is 1150. The topological polar surface area (TPSA) is 110 Å². The molecule has 2 aliphatic rings. The number of carbonyl (C=O) groups is 2. The fraction of sp³-hybridized carbons (Fsp3) is 0.348. The van der Waals surface area contributed by atoms with Gasteiger partial charge in [-0.05, 0) is 47.2 Å². The van der Waals surface area contributed by atoms with Crippen LogP contribution in [0.1, 0.15) is 27.3 Å². The second kappa shape index (κ2) is 7.70. The summed E-state index contributed by atoms with van der Waals surface area (Å²) in [5.74, 6) is 0.576. The average Bonchev–Trinajstić information content (AvgIpc) is 3.14. The first-order valence-electron chi connectivity index (χ1n) is 10.5. The smallest absolute Gasteiger partial charge is 0.407 e. The minimum absolute atomic E-state index is 0.205. The molecule has 1 aliphatic heterocycles. The Morgan fingerprint density at radius 2 is 2.03 bits per heavy atom. The molecular formula is C23H25N5O3. The molecule has 3 aromatic rings. The highest BCUT2D eigenvalue weighted by Crippen LogP contribution is 2.45. The van der Waals surface area contributed by atoms with Gasteiger partial charge in [0.15, 0.2) is 0 Å². The molecule has 1 aromatic carbocycles. The summed E-state index contributed by atoms with van der Waals surface area (Å²) >= 11 is 0. The molecule has 1 saturated heterocycles. The highest BCUT2D eigenvalue weighted by atomic mass is 16.4. The van der Waals surface area contributed by atoms with Crippen molar-refractivity contribution in [2.75, 3.05) is 20.1 Å². The van der Waals surface area contributed by atoms with Gasteiger partial charge < -0.3 is 25.6 Å². The van der Waals surface area contributed by atoms with Crippen LogP contribution >= 0.6 is 0 Å². The van der Waals surface area contributed by atoms with Gasteiger partial charge in [0, 0.05) is 61.9 Å². The van der Waals surface area contributed by atoms with E-state index >= 15 is 0 Å². The van der Waals surface area contributed by atoms with Crippen LogP contribution < -0.4 is 10.6 Å². The molecule has 31 heavy (non-hydrogen) atoms. The number of rotatable bonds is 6. The average molecular weight is 419 g/mol. The summed E-state index contributed by atoms with van der Waals surface area (Å²) in [6, 6.07) is 12.4. The Labute approximate surface area is 179 Å². The lowest BCUT2D eigenvalue weighted by Gasteiger charge is -2.16. The first-order valence-corrected chi connectivity index (χ1v) is 10.5. The van der Waals surface area contributed by atoms with Crippen molar-refractivity contribution in [1.29, 1.82) is 0 Å². The highest BCUT2D eigenvalue weighted by Gasteiger charge is 2.56. The Hall–Kier alpha value is -3.39. The third-order valence-electron chi connectivity index (χ3n) is 6.46. The summed E-state index contributed by atoms with van der Waals surface area (Å²) < 4.78 is 0. The van der Waals surface area contributed by atoms with Gasteiger partial charge in [0.1, 0.15) is 5.69 Å². The van der Waals surface area contributed by atoms with Crippen LogP contribution in [0.25, 0.3) is 10.9 Å². The number of benzene rings is 1. The highest BCUT2D eigenvalue weighted by molar-refractivity contribution is 5.92. The van der Waals surface area contributed by atoms with Crippen LogP contribution in [-0.4, -0.2) is 58.2 Å². The van der Waals surface area contributed by atoms with E-state index in [0.717, 1.165) is 27.7 Å². The molecule has 2 fully saturated rings. The van der Waals surface area contributed by atoms with Crippen LogP contribution in [0.4, 0.5) is 4.79 Å². The van der Waals surface area contributed by atoms with Gasteiger partial charge in [0.05, 0.1) is 0 Å². The maximum atomic E-state index is 12.3. The molecule has 8 nitrogen and oxygen atoms in total. The fourth-order valence-corrected chi connectivity index (χ4v) is 4.81. The van der Waals surface area contributed by atoms with E-state index in [1.54, 1.807) is 7.05 Å². The number of nitrogens with zero attached hydrogens (tertiary/aromatic N) is 2. The van der Waals surface area contributed by atoms with E-state index in [4.69, 9.17) is 5.11 Å². The third-order valence-corrected chi connectivity index (χ3v) is 6.46. The van der Waals surface area contributed by atoms with Crippen LogP contribution in [0, 0.1) is 11.8 Å². The van der Waals surface area contributed by atoms with Crippen molar-refractivity contribution in [2.24, 2.45) is 11.8 Å². The van der Waals surface area contributed by atoms with Crippen molar-refractivity contribution in [3.8, 4) is 0 Å². The lowest BCUT2D eigenvalue weighted by atomic mass is 10.0. The van der Waals surface area contributed by atoms with Gasteiger partial charge in [-0.25, -0.2) is 9.78 Å². The van der Waals surface area contributed by atoms with E-state index in [1.807, 2.05) is 30.5 Å². The predicted molar refractivity (Wildman–Crippen MR) is 116 cm³/mol. The van der Waals surface area contributed by atoms with E-state index < -0.39 is 6.09 Å². The minimum atomic E-state index is -0.836. The van der Waals surface area contributed by atoms with E-state index in [0.29, 0.717) is 49.6 Å². The maximum Gasteiger partial charge on any atom is 0.407 e. The SMILES string of the molecule is CNC(=O)c1cc(CNC2C3CN(C(=O)O)CC32)cc(Cc2cccc3[nH]ccc23)n1. The van der Waals surface area contributed by atoms with E-state index in [2.05, 4.69) is 32.7 Å². The molecule has 3 heterocycles. The normalized spacial score (nSPS) is 21.8. The van der Waals surface area contributed by atoms with Gasteiger partial charge >= 0.3 is 6.09 Å². The number of aromatic nitrogens is 2. The first-order chi connectivity index (χ1) is 15.0. The zero-order chi connectivity index (χ0) is 21.5. The summed E-state index contributed by atoms with van der Waals surface area (Å²) in [6.07, 6.45) is 1.72. The summed E-state index contributed by atoms with van der Waals surface area (Å²) in [5.41, 5.74) is 4.50. The molecule has 1 saturated carbocycles. The Morgan fingerprint density at radius 3 is 2.77 bits per heavy atom. The number of pyridine rings is 1. The van der Waals surface area contributed by atoms with Crippen molar-refractivity contribution in [3.05, 3.63) is 65.1 Å². The lowest BCUT2D eigenvalue weighted by molar-refractivity contribution is 0.0957. The predicted octanol–water partition coefficient (Wildman–Crippen LogP) is 2.21. The van der Waals surface area contributed by atoms with Crippen molar-refractivity contribution >= 4 is 22.9 Å². The number of carboxylic acid groups (broad SMARTS) is 1. The van der Waals surface area contributed by atoms with Crippen LogP contribution in [-0.2, 0) is 13.0 Å². The molecule has 2 amide bonds. The zero-order valence-electron chi connectivity index (χ0n) is 17.3. The minimum Gasteiger partial charge on any atom is -0.465 e. The van der Waals surface area contributed by atoms with Gasteiger partial charge in [0.25, 0.3) is 5.91 Å². The Balaban J connectivity index is 1.33. The number of aromatic amines is 1. The van der Waals surface area contributed by atoms with E-state index in [1.165, 1.54) is 4.90 Å².